The van der Waals surface area contributed by atoms with Crippen LogP contribution in [0.15, 0.2) is 251 Å². The van der Waals surface area contributed by atoms with Crippen LogP contribution in [0.1, 0.15) is 217 Å². The number of nitrogens with one attached hydrogen (secondary N) is 4. The second kappa shape index (κ2) is 48.8. The number of aryl methyl sites for hydroxylation is 11. The Morgan fingerprint density at radius 3 is 1.04 bits per heavy atom. The first kappa shape index (κ1) is 104. The minimum absolute atomic E-state index is 0.0307. The molecule has 7 heterocycles. The van der Waals surface area contributed by atoms with Gasteiger partial charge in [0.15, 0.2) is 0 Å². The standard InChI is InChI=1S/C28H33N3O4.C27H29N3O4.C27H31N3O4.C27H30N2O5/c1-6-18(3)27(31-11-10-17(2)12-24(31)32)28(35)30-23(14-25(33)34)21-13-22(16-29-15-21)26-19(4)8-7-9-20(26)5;1-17-6-5-7-18(2)26(17)21-13-20(15-28-16-21)22(14-25(32)33)29-27(34)23(12-19-9-10-19)30-11-4-3-8-24(30)31;1-5-7-23(30-11-10-17(2)12-24(30)31)27(34)29-22(14-25(32)33)20-13-21(16-28-15-20)26-18(3)8-6-9-19(26)4;1-17-11-12-29(24(30)13-17)23(16-34-4)27(33)28-22(15-25(31)32)20-9-6-10-21(14-20)26-18(2)7-5-8-19(26)3/h7-13,15-16,18,23,27H,6,14H2,1-5H3,(H,30,35)(H,33,34);3-8,11,13,15-16,19,22-23H,9-10,12,14H2,1-2H3,(H,29,34)(H,32,33);6,8-13,15-16,22-23H,5,7,14H2,1-4H3,(H,29,34)(H,32,33);5-14,22-23H,15-16H2,1-4H3,(H,28,33)(H,31,32)/t18-,23+,27-;22-,23?;22-,23-;22-,23+/m1000/s1. The number of rotatable bonds is 36. The summed E-state index contributed by atoms with van der Waals surface area (Å²) in [5.74, 6) is -5.53. The number of benzene rings is 5. The summed E-state index contributed by atoms with van der Waals surface area (Å²) in [4.78, 5) is 163. The number of nitrogens with zero attached hydrogens (tertiary/aromatic N) is 7. The third-order valence-corrected chi connectivity index (χ3v) is 24.6. The number of carboxylic acids is 4. The van der Waals surface area contributed by atoms with Gasteiger partial charge in [0.05, 0.1) is 56.5 Å². The average Bonchev–Trinajstić information content (AvgIpc) is 1.80. The predicted octanol–water partition coefficient (Wildman–Crippen LogP) is 17.4. The fraction of sp³-hybridized carbons (Fsp3) is 0.330. The average molecular weight is 1860 g/mol. The van der Waals surface area contributed by atoms with E-state index in [-0.39, 0.29) is 66.4 Å². The van der Waals surface area contributed by atoms with Gasteiger partial charge in [-0.3, -0.25) is 72.5 Å². The van der Waals surface area contributed by atoms with E-state index in [2.05, 4.69) is 36.2 Å². The lowest BCUT2D eigenvalue weighted by molar-refractivity contribution is -0.139. The van der Waals surface area contributed by atoms with Crippen molar-refractivity contribution in [1.82, 2.24) is 54.5 Å². The largest absolute Gasteiger partial charge is 0.481 e. The second-order valence-corrected chi connectivity index (χ2v) is 35.4. The molecule has 1 fully saturated rings. The maximum atomic E-state index is 13.5. The lowest BCUT2D eigenvalue weighted by Crippen LogP contribution is -2.42. The van der Waals surface area contributed by atoms with Gasteiger partial charge >= 0.3 is 23.9 Å². The minimum atomic E-state index is -1.04. The highest BCUT2D eigenvalue weighted by molar-refractivity contribution is 5.85. The van der Waals surface area contributed by atoms with Crippen molar-refractivity contribution >= 4 is 47.5 Å². The van der Waals surface area contributed by atoms with Crippen LogP contribution in [-0.2, 0) is 43.1 Å². The van der Waals surface area contributed by atoms with E-state index in [9.17, 15) is 78.0 Å². The number of pyridine rings is 7. The molecular weight excluding hydrogens is 1740 g/mol. The number of carboxylic acid groups (broad SMARTS) is 4. The molecule has 9 atom stereocenters. The van der Waals surface area contributed by atoms with E-state index in [1.54, 1.807) is 105 Å². The molecule has 1 saturated carbocycles. The van der Waals surface area contributed by atoms with Gasteiger partial charge in [-0.15, -0.1) is 0 Å². The quantitative estimate of drug-likeness (QED) is 0.0181. The highest BCUT2D eigenvalue weighted by Crippen LogP contribution is 2.39. The van der Waals surface area contributed by atoms with Crippen molar-refractivity contribution in [3.05, 3.63) is 357 Å². The van der Waals surface area contributed by atoms with Gasteiger partial charge in [0.25, 0.3) is 22.2 Å². The van der Waals surface area contributed by atoms with Crippen LogP contribution in [0.3, 0.4) is 0 Å². The zero-order valence-corrected chi connectivity index (χ0v) is 80.2. The number of amides is 4. The normalized spacial score (nSPS) is 13.5. The third-order valence-electron chi connectivity index (χ3n) is 24.6. The molecule has 13 rings (SSSR count). The summed E-state index contributed by atoms with van der Waals surface area (Å²) in [5, 5.41) is 49.8. The zero-order valence-electron chi connectivity index (χ0n) is 80.2. The van der Waals surface area contributed by atoms with Gasteiger partial charge in [-0.25, -0.2) is 0 Å². The molecule has 4 amide bonds. The molecule has 5 aromatic carbocycles. The van der Waals surface area contributed by atoms with Crippen LogP contribution in [0.5, 0.6) is 0 Å². The number of aliphatic carboxylic acids is 4. The van der Waals surface area contributed by atoms with E-state index in [1.807, 2.05) is 199 Å². The Morgan fingerprint density at radius 1 is 0.365 bits per heavy atom. The van der Waals surface area contributed by atoms with Crippen molar-refractivity contribution in [3.8, 4) is 44.5 Å². The number of carbonyl (C=O) groups excluding carboxylic acids is 4. The van der Waals surface area contributed by atoms with Crippen molar-refractivity contribution in [3.63, 3.8) is 0 Å². The fourth-order valence-corrected chi connectivity index (χ4v) is 17.3. The summed E-state index contributed by atoms with van der Waals surface area (Å²) in [6.07, 6.45) is 19.6. The Bertz CT molecular complexity index is 6330. The zero-order chi connectivity index (χ0) is 99.6. The Balaban J connectivity index is 0.000000189. The molecule has 1 aliphatic carbocycles. The lowest BCUT2D eigenvalue weighted by Gasteiger charge is -2.27. The maximum Gasteiger partial charge on any atom is 0.305 e. The molecule has 0 spiro atoms. The molecular formula is C109H123N11O17. The molecule has 28 nitrogen and oxygen atoms in total. The van der Waals surface area contributed by atoms with Crippen LogP contribution in [0.2, 0.25) is 0 Å². The molecule has 8 N–H and O–H groups in total. The van der Waals surface area contributed by atoms with E-state index < -0.39 is 89.9 Å². The molecule has 28 heteroatoms. The molecule has 0 saturated heterocycles. The number of methoxy groups -OCH3 is 1. The van der Waals surface area contributed by atoms with Crippen LogP contribution >= 0.6 is 0 Å². The monoisotopic (exact) mass is 1860 g/mol. The first-order valence-electron chi connectivity index (χ1n) is 45.9. The summed E-state index contributed by atoms with van der Waals surface area (Å²) in [5.41, 5.74) is 20.2. The highest BCUT2D eigenvalue weighted by Gasteiger charge is 2.35. The molecule has 716 valence electrons. The van der Waals surface area contributed by atoms with Gasteiger partial charge < -0.3 is 64.7 Å². The van der Waals surface area contributed by atoms with Crippen LogP contribution in [0.25, 0.3) is 44.5 Å². The number of hydrogen-bond acceptors (Lipinski definition) is 16. The maximum absolute atomic E-state index is 13.5. The van der Waals surface area contributed by atoms with Gasteiger partial charge in [-0.2, -0.15) is 0 Å². The van der Waals surface area contributed by atoms with Crippen molar-refractivity contribution in [2.45, 2.75) is 209 Å². The van der Waals surface area contributed by atoms with Crippen LogP contribution in [-0.4, -0.2) is 115 Å². The topological polar surface area (TPSA) is 401 Å². The summed E-state index contributed by atoms with van der Waals surface area (Å²) >= 11 is 0. The Labute approximate surface area is 797 Å². The van der Waals surface area contributed by atoms with E-state index in [4.69, 9.17) is 4.74 Å². The smallest absolute Gasteiger partial charge is 0.305 e. The summed E-state index contributed by atoms with van der Waals surface area (Å²) in [6, 6.07) is 45.6. The highest BCUT2D eigenvalue weighted by atomic mass is 16.5. The first-order valence-corrected chi connectivity index (χ1v) is 45.9. The molecule has 0 bridgehead atoms. The molecule has 137 heavy (non-hydrogen) atoms. The minimum Gasteiger partial charge on any atom is -0.481 e. The number of aromatic nitrogens is 7. The molecule has 12 aromatic rings. The Kier molecular flexibility index (Phi) is 37.1. The van der Waals surface area contributed by atoms with E-state index >= 15 is 0 Å². The molecule has 0 aliphatic heterocycles. The Morgan fingerprint density at radius 2 is 0.693 bits per heavy atom. The van der Waals surface area contributed by atoms with Crippen molar-refractivity contribution in [2.75, 3.05) is 13.7 Å². The summed E-state index contributed by atoms with van der Waals surface area (Å²) in [7, 11) is 1.45. The van der Waals surface area contributed by atoms with Crippen molar-refractivity contribution in [1.29, 1.82) is 0 Å². The van der Waals surface area contributed by atoms with Gasteiger partial charge in [-0.1, -0.05) is 144 Å². The number of hydrogen-bond donors (Lipinski definition) is 8. The molecule has 0 radical (unpaired) electrons. The molecule has 1 unspecified atom stereocenters. The van der Waals surface area contributed by atoms with Crippen molar-refractivity contribution < 1.29 is 63.5 Å². The summed E-state index contributed by atoms with van der Waals surface area (Å²) < 4.78 is 10.8. The third kappa shape index (κ3) is 28.3. The van der Waals surface area contributed by atoms with Crippen LogP contribution in [0.4, 0.5) is 0 Å². The predicted molar refractivity (Wildman–Crippen MR) is 528 cm³/mol. The number of ether oxygens (including phenoxy) is 1. The van der Waals surface area contributed by atoms with Gasteiger partial charge in [-0.05, 0) is 261 Å². The first-order chi connectivity index (χ1) is 65.4. The molecule has 1 aliphatic rings. The Hall–Kier alpha value is -14.9. The van der Waals surface area contributed by atoms with E-state index in [0.29, 0.717) is 53.9 Å². The SMILES string of the molecule is CCC[C@@H](C(=O)N[C@@H](CC(=O)O)c1cncc(-c2c(C)cccc2C)c1)n1ccc(C)cc1=O.CC[C@@H](C)[C@H](C(=O)N[C@@H](CC(=O)O)c1cncc(-c2c(C)cccc2C)c1)n1ccc(C)cc1=O.COC[C@H](C(=O)N[C@@H](CC(=O)O)c1cccc(-c2c(C)cccc2C)c1)n1ccc(C)cc1=O.Cc1cccc(C)c1-c1cncc([C@H](CC(=O)O)NC(=O)C(CC2CC2)n2ccccc2=O)c1. The van der Waals surface area contributed by atoms with E-state index in [1.165, 1.54) is 49.6 Å². The van der Waals surface area contributed by atoms with Gasteiger partial charge in [0.2, 0.25) is 23.6 Å². The molecule has 7 aromatic heterocycles. The van der Waals surface area contributed by atoms with Crippen LogP contribution < -0.4 is 43.5 Å². The van der Waals surface area contributed by atoms with Gasteiger partial charge in [0, 0.05) is 110 Å². The van der Waals surface area contributed by atoms with E-state index in [0.717, 1.165) is 119 Å². The second-order valence-electron chi connectivity index (χ2n) is 35.4. The van der Waals surface area contributed by atoms with Gasteiger partial charge in [0.1, 0.15) is 24.2 Å². The van der Waals surface area contributed by atoms with Crippen LogP contribution in [0, 0.1) is 88.0 Å². The number of carbonyl (C=O) groups is 8. The van der Waals surface area contributed by atoms with Crippen molar-refractivity contribution in [2.24, 2.45) is 11.8 Å². The fourth-order valence-electron chi connectivity index (χ4n) is 17.3. The summed E-state index contributed by atoms with van der Waals surface area (Å²) in [6.45, 7) is 27.4. The lowest BCUT2D eigenvalue weighted by atomic mass is 9.92.